The minimum atomic E-state index is 0.703. The molecule has 0 bridgehead atoms. The summed E-state index contributed by atoms with van der Waals surface area (Å²) in [7, 11) is 2.01. The molecule has 0 aromatic carbocycles. The van der Waals surface area contributed by atoms with Crippen LogP contribution in [0.4, 0.5) is 5.82 Å². The smallest absolute Gasteiger partial charge is 0.128 e. The molecule has 0 aliphatic rings. The standard InChI is InChI=1S/C15H20ClN3O/c1-3-5-17-8-13-7-15(18-9-14(13)16)19(2)10-12-4-6-20-11-12/h4,6-7,9,11,17H,3,5,8,10H2,1-2H3. The lowest BCUT2D eigenvalue weighted by molar-refractivity contribution is 0.563. The summed E-state index contributed by atoms with van der Waals surface area (Å²) in [6.45, 7) is 4.65. The van der Waals surface area contributed by atoms with E-state index in [0.717, 1.165) is 43.0 Å². The van der Waals surface area contributed by atoms with Gasteiger partial charge in [-0.05, 0) is 30.7 Å². The number of halogens is 1. The molecular weight excluding hydrogens is 274 g/mol. The van der Waals surface area contributed by atoms with Crippen molar-refractivity contribution in [1.29, 1.82) is 0 Å². The van der Waals surface area contributed by atoms with Gasteiger partial charge in [0.05, 0.1) is 17.5 Å². The minimum Gasteiger partial charge on any atom is -0.472 e. The molecule has 0 unspecified atom stereocenters. The third kappa shape index (κ3) is 3.99. The predicted octanol–water partition coefficient (Wildman–Crippen LogP) is 3.46. The van der Waals surface area contributed by atoms with Crippen molar-refractivity contribution >= 4 is 17.4 Å². The lowest BCUT2D eigenvalue weighted by Crippen LogP contribution is -2.19. The van der Waals surface area contributed by atoms with Gasteiger partial charge in [-0.15, -0.1) is 0 Å². The first kappa shape index (κ1) is 14.9. The Morgan fingerprint density at radius 2 is 2.30 bits per heavy atom. The predicted molar refractivity (Wildman–Crippen MR) is 82.1 cm³/mol. The Kier molecular flexibility index (Phi) is 5.44. The fourth-order valence-electron chi connectivity index (χ4n) is 1.95. The highest BCUT2D eigenvalue weighted by molar-refractivity contribution is 6.31. The van der Waals surface area contributed by atoms with Gasteiger partial charge in [0.25, 0.3) is 0 Å². The number of anilines is 1. The quantitative estimate of drug-likeness (QED) is 0.794. The molecular formula is C15H20ClN3O. The van der Waals surface area contributed by atoms with E-state index in [1.165, 1.54) is 0 Å². The van der Waals surface area contributed by atoms with Crippen LogP contribution in [0.2, 0.25) is 5.02 Å². The summed E-state index contributed by atoms with van der Waals surface area (Å²) in [5.41, 5.74) is 2.19. The maximum atomic E-state index is 6.19. The van der Waals surface area contributed by atoms with E-state index >= 15 is 0 Å². The van der Waals surface area contributed by atoms with E-state index in [2.05, 4.69) is 22.1 Å². The Labute approximate surface area is 124 Å². The van der Waals surface area contributed by atoms with Crippen molar-refractivity contribution in [2.75, 3.05) is 18.5 Å². The van der Waals surface area contributed by atoms with E-state index in [-0.39, 0.29) is 0 Å². The van der Waals surface area contributed by atoms with Gasteiger partial charge in [0.15, 0.2) is 0 Å². The molecule has 0 aliphatic heterocycles. The second-order valence-corrected chi connectivity index (χ2v) is 5.21. The number of nitrogens with zero attached hydrogens (tertiary/aromatic N) is 2. The van der Waals surface area contributed by atoms with Crippen LogP contribution in [-0.2, 0) is 13.1 Å². The molecule has 1 N–H and O–H groups in total. The molecule has 2 aromatic rings. The average molecular weight is 294 g/mol. The van der Waals surface area contributed by atoms with Crippen molar-refractivity contribution in [1.82, 2.24) is 10.3 Å². The Morgan fingerprint density at radius 1 is 1.45 bits per heavy atom. The summed E-state index contributed by atoms with van der Waals surface area (Å²) in [4.78, 5) is 6.46. The molecule has 4 nitrogen and oxygen atoms in total. The highest BCUT2D eigenvalue weighted by Gasteiger charge is 2.08. The van der Waals surface area contributed by atoms with Gasteiger partial charge in [-0.25, -0.2) is 4.98 Å². The maximum Gasteiger partial charge on any atom is 0.128 e. The SMILES string of the molecule is CCCNCc1cc(N(C)Cc2ccoc2)ncc1Cl. The van der Waals surface area contributed by atoms with Gasteiger partial charge in [0, 0.05) is 31.9 Å². The second kappa shape index (κ2) is 7.31. The number of rotatable bonds is 7. The fourth-order valence-corrected chi connectivity index (χ4v) is 2.12. The Morgan fingerprint density at radius 3 is 3.00 bits per heavy atom. The van der Waals surface area contributed by atoms with Crippen LogP contribution in [0, 0.1) is 0 Å². The molecule has 0 radical (unpaired) electrons. The zero-order valence-corrected chi connectivity index (χ0v) is 12.7. The molecule has 2 aromatic heterocycles. The van der Waals surface area contributed by atoms with Crippen LogP contribution in [-0.4, -0.2) is 18.6 Å². The summed E-state index contributed by atoms with van der Waals surface area (Å²) < 4.78 is 5.08. The van der Waals surface area contributed by atoms with Crippen molar-refractivity contribution in [2.45, 2.75) is 26.4 Å². The second-order valence-electron chi connectivity index (χ2n) is 4.80. The first-order chi connectivity index (χ1) is 9.70. The Balaban J connectivity index is 2.05. The van der Waals surface area contributed by atoms with Crippen LogP contribution >= 0.6 is 11.6 Å². The maximum absolute atomic E-state index is 6.19. The molecule has 2 rings (SSSR count). The van der Waals surface area contributed by atoms with Gasteiger partial charge in [-0.1, -0.05) is 18.5 Å². The lowest BCUT2D eigenvalue weighted by atomic mass is 10.2. The van der Waals surface area contributed by atoms with Gasteiger partial charge < -0.3 is 14.6 Å². The largest absolute Gasteiger partial charge is 0.472 e. The molecule has 2 heterocycles. The van der Waals surface area contributed by atoms with Gasteiger partial charge in [-0.3, -0.25) is 0 Å². The third-order valence-electron chi connectivity index (χ3n) is 3.05. The molecule has 0 saturated carbocycles. The van der Waals surface area contributed by atoms with Crippen LogP contribution in [0.5, 0.6) is 0 Å². The van der Waals surface area contributed by atoms with E-state index in [9.17, 15) is 0 Å². The molecule has 5 heteroatoms. The monoisotopic (exact) mass is 293 g/mol. The summed E-state index contributed by atoms with van der Waals surface area (Å²) in [6.07, 6.45) is 6.25. The van der Waals surface area contributed by atoms with E-state index in [1.807, 2.05) is 19.2 Å². The van der Waals surface area contributed by atoms with Crippen LogP contribution in [0.3, 0.4) is 0 Å². The Bertz CT molecular complexity index is 528. The first-order valence-electron chi connectivity index (χ1n) is 6.78. The number of furan rings is 1. The van der Waals surface area contributed by atoms with Gasteiger partial charge in [0.2, 0.25) is 0 Å². The van der Waals surface area contributed by atoms with Crippen molar-refractivity contribution in [3.63, 3.8) is 0 Å². The first-order valence-corrected chi connectivity index (χ1v) is 7.16. The van der Waals surface area contributed by atoms with Gasteiger partial charge >= 0.3 is 0 Å². The van der Waals surface area contributed by atoms with Crippen molar-refractivity contribution in [3.05, 3.63) is 47.0 Å². The highest BCUT2D eigenvalue weighted by atomic mass is 35.5. The number of hydrogen-bond donors (Lipinski definition) is 1. The fraction of sp³-hybridized carbons (Fsp3) is 0.400. The summed E-state index contributed by atoms with van der Waals surface area (Å²) >= 11 is 6.19. The van der Waals surface area contributed by atoms with E-state index in [1.54, 1.807) is 18.7 Å². The molecule has 0 saturated heterocycles. The van der Waals surface area contributed by atoms with Crippen LogP contribution in [0.1, 0.15) is 24.5 Å². The van der Waals surface area contributed by atoms with Crippen LogP contribution in [0.25, 0.3) is 0 Å². The average Bonchev–Trinajstić information content (AvgIpc) is 2.94. The summed E-state index contributed by atoms with van der Waals surface area (Å²) in [5, 5.41) is 4.06. The molecule has 0 spiro atoms. The zero-order chi connectivity index (χ0) is 14.4. The van der Waals surface area contributed by atoms with Crippen molar-refractivity contribution in [2.24, 2.45) is 0 Å². The molecule has 0 atom stereocenters. The van der Waals surface area contributed by atoms with Gasteiger partial charge in [-0.2, -0.15) is 0 Å². The number of aromatic nitrogens is 1. The molecule has 0 fully saturated rings. The summed E-state index contributed by atoms with van der Waals surface area (Å²) in [5.74, 6) is 0.906. The lowest BCUT2D eigenvalue weighted by Gasteiger charge is -2.18. The van der Waals surface area contributed by atoms with Crippen molar-refractivity contribution < 1.29 is 4.42 Å². The zero-order valence-electron chi connectivity index (χ0n) is 11.9. The van der Waals surface area contributed by atoms with Crippen molar-refractivity contribution in [3.8, 4) is 0 Å². The molecule has 20 heavy (non-hydrogen) atoms. The van der Waals surface area contributed by atoms with E-state index in [4.69, 9.17) is 16.0 Å². The number of hydrogen-bond acceptors (Lipinski definition) is 4. The minimum absolute atomic E-state index is 0.703. The molecule has 108 valence electrons. The van der Waals surface area contributed by atoms with E-state index in [0.29, 0.717) is 5.02 Å². The number of nitrogens with one attached hydrogen (secondary N) is 1. The summed E-state index contributed by atoms with van der Waals surface area (Å²) in [6, 6.07) is 3.99. The van der Waals surface area contributed by atoms with Crippen LogP contribution in [0.15, 0.2) is 35.3 Å². The molecule has 0 aliphatic carbocycles. The highest BCUT2D eigenvalue weighted by Crippen LogP contribution is 2.21. The number of pyridine rings is 1. The third-order valence-corrected chi connectivity index (χ3v) is 3.39. The van der Waals surface area contributed by atoms with Crippen LogP contribution < -0.4 is 10.2 Å². The van der Waals surface area contributed by atoms with Gasteiger partial charge in [0.1, 0.15) is 5.82 Å². The Hall–Kier alpha value is -1.52. The van der Waals surface area contributed by atoms with E-state index < -0.39 is 0 Å². The normalized spacial score (nSPS) is 10.8. The molecule has 0 amide bonds. The topological polar surface area (TPSA) is 41.3 Å².